The molecular formula is C18H20. The minimum absolute atomic E-state index is 1.12. The summed E-state index contributed by atoms with van der Waals surface area (Å²) < 4.78 is 0. The second-order valence-corrected chi connectivity index (χ2v) is 5.15. The summed E-state index contributed by atoms with van der Waals surface area (Å²) in [6, 6.07) is 13.2. The lowest BCUT2D eigenvalue weighted by Gasteiger charge is -2.13. The molecule has 0 saturated carbocycles. The van der Waals surface area contributed by atoms with Crippen LogP contribution in [-0.4, -0.2) is 0 Å². The molecule has 0 aliphatic rings. The fourth-order valence-corrected chi connectivity index (χ4v) is 2.36. The van der Waals surface area contributed by atoms with Gasteiger partial charge in [-0.15, -0.1) is 0 Å². The molecule has 0 amide bonds. The zero-order valence-electron chi connectivity index (χ0n) is 11.7. The molecule has 0 radical (unpaired) electrons. The maximum atomic E-state index is 4.10. The Labute approximate surface area is 110 Å². The lowest BCUT2D eigenvalue weighted by molar-refractivity contribution is 1.37. The van der Waals surface area contributed by atoms with E-state index < -0.39 is 0 Å². The highest BCUT2D eigenvalue weighted by atomic mass is 14.1. The van der Waals surface area contributed by atoms with Gasteiger partial charge in [-0.05, 0) is 49.9 Å². The van der Waals surface area contributed by atoms with Crippen molar-refractivity contribution in [3.8, 4) is 11.1 Å². The standard InChI is InChI=1S/C18H20/c1-12(2)18-11-14(4)7-9-17(18)16-8-6-13(3)10-15(16)5/h6-11H,1H2,2-5H3. The van der Waals surface area contributed by atoms with Crippen molar-refractivity contribution >= 4 is 5.57 Å². The average molecular weight is 236 g/mol. The lowest BCUT2D eigenvalue weighted by atomic mass is 9.91. The van der Waals surface area contributed by atoms with Crippen molar-refractivity contribution in [1.82, 2.24) is 0 Å². The molecule has 0 fully saturated rings. The van der Waals surface area contributed by atoms with Crippen molar-refractivity contribution in [3.05, 3.63) is 65.2 Å². The van der Waals surface area contributed by atoms with E-state index in [2.05, 4.69) is 70.7 Å². The second kappa shape index (κ2) is 4.81. The molecule has 0 atom stereocenters. The molecule has 0 unspecified atom stereocenters. The molecule has 2 rings (SSSR count). The third-order valence-electron chi connectivity index (χ3n) is 3.31. The molecule has 2 aromatic rings. The Hall–Kier alpha value is -1.82. The Morgan fingerprint density at radius 2 is 1.39 bits per heavy atom. The third-order valence-corrected chi connectivity index (χ3v) is 3.31. The van der Waals surface area contributed by atoms with Gasteiger partial charge in [-0.3, -0.25) is 0 Å². The minimum Gasteiger partial charge on any atom is -0.0955 e. The Balaban J connectivity index is 2.67. The smallest absolute Gasteiger partial charge is 0.0106 e. The fourth-order valence-electron chi connectivity index (χ4n) is 2.36. The highest BCUT2D eigenvalue weighted by Crippen LogP contribution is 2.31. The molecule has 0 aliphatic carbocycles. The van der Waals surface area contributed by atoms with Crippen LogP contribution in [0.2, 0.25) is 0 Å². The molecule has 0 aromatic heterocycles. The van der Waals surface area contributed by atoms with E-state index in [0.29, 0.717) is 0 Å². The summed E-state index contributed by atoms with van der Waals surface area (Å²) in [5.41, 5.74) is 8.86. The van der Waals surface area contributed by atoms with Gasteiger partial charge >= 0.3 is 0 Å². The highest BCUT2D eigenvalue weighted by molar-refractivity contribution is 5.81. The zero-order valence-corrected chi connectivity index (χ0v) is 11.7. The average Bonchev–Trinajstić information content (AvgIpc) is 2.29. The van der Waals surface area contributed by atoms with E-state index in [9.17, 15) is 0 Å². The Morgan fingerprint density at radius 3 is 1.94 bits per heavy atom. The summed E-state index contributed by atoms with van der Waals surface area (Å²) in [6.07, 6.45) is 0. The summed E-state index contributed by atoms with van der Waals surface area (Å²) in [5.74, 6) is 0. The molecule has 2 aromatic carbocycles. The maximum absolute atomic E-state index is 4.10. The quantitative estimate of drug-likeness (QED) is 0.662. The largest absolute Gasteiger partial charge is 0.0955 e. The lowest BCUT2D eigenvalue weighted by Crippen LogP contribution is -1.91. The van der Waals surface area contributed by atoms with E-state index in [4.69, 9.17) is 0 Å². The number of hydrogen-bond donors (Lipinski definition) is 0. The Kier molecular flexibility index (Phi) is 3.38. The van der Waals surface area contributed by atoms with Gasteiger partial charge in [0.1, 0.15) is 0 Å². The van der Waals surface area contributed by atoms with Crippen molar-refractivity contribution in [2.45, 2.75) is 27.7 Å². The number of rotatable bonds is 2. The predicted molar refractivity (Wildman–Crippen MR) is 80.8 cm³/mol. The van der Waals surface area contributed by atoms with Crippen LogP contribution in [0.1, 0.15) is 29.2 Å². The van der Waals surface area contributed by atoms with E-state index in [1.807, 2.05) is 0 Å². The summed E-state index contributed by atoms with van der Waals surface area (Å²) in [5, 5.41) is 0. The van der Waals surface area contributed by atoms with Gasteiger partial charge in [-0.2, -0.15) is 0 Å². The first-order chi connectivity index (χ1) is 8.49. The molecule has 0 heterocycles. The van der Waals surface area contributed by atoms with E-state index in [0.717, 1.165) is 5.57 Å². The van der Waals surface area contributed by atoms with Crippen LogP contribution in [0, 0.1) is 20.8 Å². The van der Waals surface area contributed by atoms with Gasteiger partial charge in [0.25, 0.3) is 0 Å². The Bertz CT molecular complexity index is 603. The number of benzene rings is 2. The van der Waals surface area contributed by atoms with E-state index in [1.54, 1.807) is 0 Å². The van der Waals surface area contributed by atoms with Crippen LogP contribution in [0.3, 0.4) is 0 Å². The molecule has 0 saturated heterocycles. The first-order valence-electron chi connectivity index (χ1n) is 6.33. The van der Waals surface area contributed by atoms with Crippen LogP contribution >= 0.6 is 0 Å². The summed E-state index contributed by atoms with van der Waals surface area (Å²) in [4.78, 5) is 0. The zero-order chi connectivity index (χ0) is 13.3. The van der Waals surface area contributed by atoms with Crippen molar-refractivity contribution in [2.75, 3.05) is 0 Å². The van der Waals surface area contributed by atoms with Gasteiger partial charge in [0, 0.05) is 0 Å². The first kappa shape index (κ1) is 12.6. The van der Waals surface area contributed by atoms with E-state index in [-0.39, 0.29) is 0 Å². The van der Waals surface area contributed by atoms with Crippen molar-refractivity contribution in [2.24, 2.45) is 0 Å². The molecule has 0 aliphatic heterocycles. The molecule has 0 nitrogen and oxygen atoms in total. The summed E-state index contributed by atoms with van der Waals surface area (Å²) in [6.45, 7) is 12.6. The second-order valence-electron chi connectivity index (χ2n) is 5.15. The topological polar surface area (TPSA) is 0 Å². The molecule has 92 valence electrons. The van der Waals surface area contributed by atoms with Crippen molar-refractivity contribution < 1.29 is 0 Å². The van der Waals surface area contributed by atoms with Gasteiger partial charge in [0.05, 0.1) is 0 Å². The molecular weight excluding hydrogens is 216 g/mol. The molecule has 18 heavy (non-hydrogen) atoms. The van der Waals surface area contributed by atoms with Crippen LogP contribution in [0.15, 0.2) is 43.0 Å². The summed E-state index contributed by atoms with van der Waals surface area (Å²) in [7, 11) is 0. The van der Waals surface area contributed by atoms with E-state index >= 15 is 0 Å². The van der Waals surface area contributed by atoms with Crippen LogP contribution < -0.4 is 0 Å². The van der Waals surface area contributed by atoms with Crippen molar-refractivity contribution in [3.63, 3.8) is 0 Å². The SMILES string of the molecule is C=C(C)c1cc(C)ccc1-c1ccc(C)cc1C. The van der Waals surface area contributed by atoms with Gasteiger partial charge < -0.3 is 0 Å². The van der Waals surface area contributed by atoms with Crippen molar-refractivity contribution in [1.29, 1.82) is 0 Å². The molecule has 0 spiro atoms. The third kappa shape index (κ3) is 2.38. The van der Waals surface area contributed by atoms with Gasteiger partial charge in [0.2, 0.25) is 0 Å². The number of hydrogen-bond acceptors (Lipinski definition) is 0. The monoisotopic (exact) mass is 236 g/mol. The predicted octanol–water partition coefficient (Wildman–Crippen LogP) is 5.31. The van der Waals surface area contributed by atoms with Crippen LogP contribution in [0.25, 0.3) is 16.7 Å². The normalized spacial score (nSPS) is 10.4. The van der Waals surface area contributed by atoms with Gasteiger partial charge in [-0.1, -0.05) is 59.7 Å². The Morgan fingerprint density at radius 1 is 0.833 bits per heavy atom. The minimum atomic E-state index is 1.12. The first-order valence-corrected chi connectivity index (χ1v) is 6.33. The van der Waals surface area contributed by atoms with E-state index in [1.165, 1.54) is 33.4 Å². The van der Waals surface area contributed by atoms with Crippen LogP contribution in [-0.2, 0) is 0 Å². The number of allylic oxidation sites excluding steroid dienone is 1. The van der Waals surface area contributed by atoms with Gasteiger partial charge in [-0.25, -0.2) is 0 Å². The van der Waals surface area contributed by atoms with Gasteiger partial charge in [0.15, 0.2) is 0 Å². The highest BCUT2D eigenvalue weighted by Gasteiger charge is 2.08. The van der Waals surface area contributed by atoms with Crippen LogP contribution in [0.4, 0.5) is 0 Å². The van der Waals surface area contributed by atoms with Crippen LogP contribution in [0.5, 0.6) is 0 Å². The fraction of sp³-hybridized carbons (Fsp3) is 0.222. The molecule has 0 N–H and O–H groups in total. The molecule has 0 heteroatoms. The molecule has 0 bridgehead atoms. The summed E-state index contributed by atoms with van der Waals surface area (Å²) >= 11 is 0. The maximum Gasteiger partial charge on any atom is -0.0106 e. The number of aryl methyl sites for hydroxylation is 3.